The molecule has 0 bridgehead atoms. The first-order valence-electron chi connectivity index (χ1n) is 13.9. The molecule has 12 nitrogen and oxygen atoms in total. The van der Waals surface area contributed by atoms with Gasteiger partial charge in [0.25, 0.3) is 11.8 Å². The maximum Gasteiger partial charge on any atom is 0.272 e. The summed E-state index contributed by atoms with van der Waals surface area (Å²) in [7, 11) is 0. The highest BCUT2D eigenvalue weighted by Crippen LogP contribution is 2.26. The summed E-state index contributed by atoms with van der Waals surface area (Å²) < 4.78 is 16.3. The van der Waals surface area contributed by atoms with Gasteiger partial charge in [-0.2, -0.15) is 0 Å². The Morgan fingerprint density at radius 2 is 1.83 bits per heavy atom. The molecule has 2 aromatic carbocycles. The molecule has 0 aliphatic carbocycles. The van der Waals surface area contributed by atoms with Crippen LogP contribution in [0.4, 0.5) is 5.69 Å². The van der Waals surface area contributed by atoms with E-state index in [1.807, 2.05) is 30.3 Å². The third kappa shape index (κ3) is 8.40. The molecule has 0 atom stereocenters. The molecule has 0 unspecified atom stereocenters. The van der Waals surface area contributed by atoms with Crippen LogP contribution in [0, 0.1) is 5.92 Å². The number of hydrazine groups is 1. The van der Waals surface area contributed by atoms with Gasteiger partial charge in [-0.3, -0.25) is 9.59 Å². The fourth-order valence-electron chi connectivity index (χ4n) is 4.69. The minimum absolute atomic E-state index is 0.0393. The lowest BCUT2D eigenvalue weighted by Crippen LogP contribution is -2.33. The molecular weight excluding hydrogens is 540 g/mol. The van der Waals surface area contributed by atoms with Crippen molar-refractivity contribution in [2.24, 2.45) is 17.5 Å². The van der Waals surface area contributed by atoms with Gasteiger partial charge in [0.15, 0.2) is 5.69 Å². The van der Waals surface area contributed by atoms with Crippen molar-refractivity contribution in [3.63, 3.8) is 0 Å². The van der Waals surface area contributed by atoms with Crippen molar-refractivity contribution in [2.75, 3.05) is 51.5 Å². The number of aromatic nitrogens is 1. The zero-order valence-corrected chi connectivity index (χ0v) is 23.5. The Bertz CT molecular complexity index is 1380. The van der Waals surface area contributed by atoms with E-state index in [0.29, 0.717) is 37.8 Å². The number of aliphatic hydroxyl groups excluding tert-OH is 1. The highest BCUT2D eigenvalue weighted by Gasteiger charge is 2.21. The SMILES string of the molecule is N/C=C\N(N)Cc1ccc(C(=O)Nc2ccc(OCCOCCO)nc2C(=O)NCC2CCOCC2)c2ccccc12. The second kappa shape index (κ2) is 15.7. The number of rotatable bonds is 14. The first kappa shape index (κ1) is 30.7. The quantitative estimate of drug-likeness (QED) is 0.108. The summed E-state index contributed by atoms with van der Waals surface area (Å²) in [6.07, 6.45) is 4.65. The highest BCUT2D eigenvalue weighted by atomic mass is 16.5. The molecule has 42 heavy (non-hydrogen) atoms. The molecule has 0 spiro atoms. The van der Waals surface area contributed by atoms with Gasteiger partial charge in [-0.15, -0.1) is 0 Å². The van der Waals surface area contributed by atoms with Crippen molar-refractivity contribution in [1.82, 2.24) is 15.3 Å². The van der Waals surface area contributed by atoms with Gasteiger partial charge in [0.1, 0.15) is 6.61 Å². The van der Waals surface area contributed by atoms with Crippen molar-refractivity contribution < 1.29 is 28.9 Å². The molecule has 3 aromatic rings. The van der Waals surface area contributed by atoms with Crippen molar-refractivity contribution in [3.8, 4) is 5.88 Å². The first-order chi connectivity index (χ1) is 20.5. The van der Waals surface area contributed by atoms with Crippen LogP contribution < -0.4 is 26.9 Å². The van der Waals surface area contributed by atoms with Crippen molar-refractivity contribution in [2.45, 2.75) is 19.4 Å². The van der Waals surface area contributed by atoms with Crippen LogP contribution in [0.2, 0.25) is 0 Å². The molecule has 1 fully saturated rings. The fourth-order valence-corrected chi connectivity index (χ4v) is 4.69. The second-order valence-corrected chi connectivity index (χ2v) is 9.78. The molecular formula is C30H38N6O6. The number of nitrogens with zero attached hydrogens (tertiary/aromatic N) is 2. The van der Waals surface area contributed by atoms with Crippen molar-refractivity contribution >= 4 is 28.3 Å². The number of pyridine rings is 1. The van der Waals surface area contributed by atoms with Gasteiger partial charge in [-0.05, 0) is 47.2 Å². The lowest BCUT2D eigenvalue weighted by molar-refractivity contribution is 0.0641. The van der Waals surface area contributed by atoms with E-state index >= 15 is 0 Å². The predicted molar refractivity (Wildman–Crippen MR) is 158 cm³/mol. The molecule has 1 saturated heterocycles. The smallest absolute Gasteiger partial charge is 0.272 e. The number of anilines is 1. The number of nitrogens with one attached hydrogen (secondary N) is 2. The van der Waals surface area contributed by atoms with E-state index in [2.05, 4.69) is 15.6 Å². The number of nitrogens with two attached hydrogens (primary N) is 2. The minimum Gasteiger partial charge on any atom is -0.475 e. The Morgan fingerprint density at radius 1 is 1.05 bits per heavy atom. The number of benzene rings is 2. The molecule has 12 heteroatoms. The first-order valence-corrected chi connectivity index (χ1v) is 13.9. The van der Waals surface area contributed by atoms with Gasteiger partial charge < -0.3 is 40.7 Å². The Balaban J connectivity index is 1.56. The molecule has 2 amide bonds. The Kier molecular flexibility index (Phi) is 11.5. The van der Waals surface area contributed by atoms with Crippen LogP contribution in [0.5, 0.6) is 5.88 Å². The Labute approximate surface area is 244 Å². The van der Waals surface area contributed by atoms with E-state index in [4.69, 9.17) is 30.9 Å². The highest BCUT2D eigenvalue weighted by molar-refractivity contribution is 6.15. The van der Waals surface area contributed by atoms with Crippen LogP contribution in [-0.4, -0.2) is 73.1 Å². The number of amides is 2. The average Bonchev–Trinajstić information content (AvgIpc) is 3.01. The minimum atomic E-state index is -0.421. The third-order valence-electron chi connectivity index (χ3n) is 6.83. The molecule has 1 aromatic heterocycles. The standard InChI is InChI=1S/C30H38N6O6/c31-11-12-36(32)20-22-5-6-25(24-4-2-1-3-23(22)24)29(38)34-26-7-8-27(42-18-17-41-16-13-37)35-28(26)30(39)33-19-21-9-14-40-15-10-21/h1-8,11-12,21,37H,9-10,13-20,31-32H2,(H,33,39)(H,34,38)/b12-11-. The Hall–Kier alpha value is -4.23. The summed E-state index contributed by atoms with van der Waals surface area (Å²) in [5.41, 5.74) is 7.10. The van der Waals surface area contributed by atoms with Crippen LogP contribution >= 0.6 is 0 Å². The second-order valence-electron chi connectivity index (χ2n) is 9.78. The molecule has 0 radical (unpaired) electrons. The number of hydrogen-bond donors (Lipinski definition) is 5. The Morgan fingerprint density at radius 3 is 2.60 bits per heavy atom. The predicted octanol–water partition coefficient (Wildman–Crippen LogP) is 2.14. The number of aliphatic hydroxyl groups is 1. The van der Waals surface area contributed by atoms with Crippen LogP contribution in [0.15, 0.2) is 60.9 Å². The molecule has 7 N–H and O–H groups in total. The summed E-state index contributed by atoms with van der Waals surface area (Å²) in [5.74, 6) is 5.70. The van der Waals surface area contributed by atoms with Crippen LogP contribution in [0.1, 0.15) is 39.3 Å². The number of fused-ring (bicyclic) bond motifs is 1. The van der Waals surface area contributed by atoms with E-state index in [1.165, 1.54) is 11.2 Å². The number of hydrogen-bond acceptors (Lipinski definition) is 10. The largest absolute Gasteiger partial charge is 0.475 e. The van der Waals surface area contributed by atoms with Gasteiger partial charge in [-0.1, -0.05) is 30.3 Å². The van der Waals surface area contributed by atoms with E-state index in [1.54, 1.807) is 24.4 Å². The summed E-state index contributed by atoms with van der Waals surface area (Å²) in [4.78, 5) is 31.3. The molecule has 0 saturated carbocycles. The van der Waals surface area contributed by atoms with Crippen LogP contribution in [-0.2, 0) is 16.0 Å². The summed E-state index contributed by atoms with van der Waals surface area (Å²) in [6, 6.07) is 14.3. The third-order valence-corrected chi connectivity index (χ3v) is 6.83. The van der Waals surface area contributed by atoms with E-state index < -0.39 is 11.8 Å². The molecule has 1 aliphatic rings. The van der Waals surface area contributed by atoms with Crippen molar-refractivity contribution in [3.05, 3.63) is 77.8 Å². The maximum absolute atomic E-state index is 13.6. The maximum atomic E-state index is 13.6. The van der Waals surface area contributed by atoms with Gasteiger partial charge in [-0.25, -0.2) is 10.8 Å². The van der Waals surface area contributed by atoms with Crippen LogP contribution in [0.25, 0.3) is 10.8 Å². The monoisotopic (exact) mass is 578 g/mol. The van der Waals surface area contributed by atoms with Gasteiger partial charge in [0.2, 0.25) is 5.88 Å². The summed E-state index contributed by atoms with van der Waals surface area (Å²) >= 11 is 0. The fraction of sp³-hybridized carbons (Fsp3) is 0.367. The van der Waals surface area contributed by atoms with E-state index in [0.717, 1.165) is 29.2 Å². The molecule has 224 valence electrons. The number of carbonyl (C=O) groups is 2. The summed E-state index contributed by atoms with van der Waals surface area (Å²) in [6.45, 7) is 2.75. The normalized spacial score (nSPS) is 13.8. The zero-order valence-electron chi connectivity index (χ0n) is 23.5. The van der Waals surface area contributed by atoms with E-state index in [-0.39, 0.29) is 43.7 Å². The molecule has 4 rings (SSSR count). The molecule has 1 aliphatic heterocycles. The molecule has 2 heterocycles. The lowest BCUT2D eigenvalue weighted by Gasteiger charge is -2.22. The lowest BCUT2D eigenvalue weighted by atomic mass is 9.98. The topological polar surface area (TPSA) is 174 Å². The number of ether oxygens (including phenoxy) is 3. The van der Waals surface area contributed by atoms with E-state index in [9.17, 15) is 9.59 Å². The average molecular weight is 579 g/mol. The zero-order chi connectivity index (χ0) is 29.7. The number of carbonyl (C=O) groups excluding carboxylic acids is 2. The van der Waals surface area contributed by atoms with Crippen LogP contribution in [0.3, 0.4) is 0 Å². The summed E-state index contributed by atoms with van der Waals surface area (Å²) in [5, 5.41) is 17.7. The van der Waals surface area contributed by atoms with Gasteiger partial charge in [0, 0.05) is 43.8 Å². The van der Waals surface area contributed by atoms with Gasteiger partial charge in [0.05, 0.1) is 32.1 Å². The van der Waals surface area contributed by atoms with Crippen molar-refractivity contribution in [1.29, 1.82) is 0 Å². The van der Waals surface area contributed by atoms with Gasteiger partial charge >= 0.3 is 0 Å².